The average Bonchev–Trinajstić information content (AvgIpc) is 3.81. The average molecular weight is 745 g/mol. The minimum absolute atomic E-state index is 0.572. The van der Waals surface area contributed by atoms with E-state index in [2.05, 4.69) is 194 Å². The van der Waals surface area contributed by atoms with Gasteiger partial charge >= 0.3 is 0 Å². The summed E-state index contributed by atoms with van der Waals surface area (Å²) >= 11 is 1.77. The molecule has 266 valence electrons. The monoisotopic (exact) mass is 744 g/mol. The van der Waals surface area contributed by atoms with E-state index >= 15 is 0 Å². The van der Waals surface area contributed by atoms with Crippen molar-refractivity contribution in [3.8, 4) is 67.5 Å². The van der Waals surface area contributed by atoms with Crippen LogP contribution in [0.2, 0.25) is 0 Å². The van der Waals surface area contributed by atoms with Crippen molar-refractivity contribution < 1.29 is 4.74 Å². The van der Waals surface area contributed by atoms with Crippen LogP contribution in [0.1, 0.15) is 22.3 Å². The number of nitrogens with zero attached hydrogens (tertiary/aromatic N) is 2. The highest BCUT2D eigenvalue weighted by atomic mass is 32.1. The van der Waals surface area contributed by atoms with Gasteiger partial charge in [-0.05, 0) is 80.9 Å². The first-order valence-corrected chi connectivity index (χ1v) is 20.1. The standard InChI is InChI=1S/C53H32N2OS/c1-3-16-33(17-4-1)35-30-36(34-18-5-2-6-19-34)32-37(31-35)52-54-49-39-21-8-14-29-47(39)57-51(49)50(55-52)40-22-15-26-44-48(40)38-20-7-9-23-41(38)53(44)42-24-10-12-27-45(42)56-46-28-13-11-25-43(46)53/h1-32H. The van der Waals surface area contributed by atoms with Crippen LogP contribution in [0.5, 0.6) is 11.5 Å². The van der Waals surface area contributed by atoms with Crippen molar-refractivity contribution in [2.24, 2.45) is 0 Å². The highest BCUT2D eigenvalue weighted by Gasteiger charge is 2.51. The van der Waals surface area contributed by atoms with E-state index in [1.165, 1.54) is 27.0 Å². The molecular weight excluding hydrogens is 713 g/mol. The van der Waals surface area contributed by atoms with Gasteiger partial charge in [-0.3, -0.25) is 0 Å². The summed E-state index contributed by atoms with van der Waals surface area (Å²) in [5, 5.41) is 1.14. The summed E-state index contributed by atoms with van der Waals surface area (Å²) in [6, 6.07) is 69.4. The first-order valence-electron chi connectivity index (χ1n) is 19.3. The van der Waals surface area contributed by atoms with Gasteiger partial charge in [0.15, 0.2) is 5.82 Å². The quantitative estimate of drug-likeness (QED) is 0.180. The highest BCUT2D eigenvalue weighted by molar-refractivity contribution is 7.26. The van der Waals surface area contributed by atoms with Gasteiger partial charge in [0.25, 0.3) is 0 Å². The fraction of sp³-hybridized carbons (Fsp3) is 0.0189. The van der Waals surface area contributed by atoms with Crippen LogP contribution in [0, 0.1) is 0 Å². The first kappa shape index (κ1) is 32.1. The van der Waals surface area contributed by atoms with Crippen molar-refractivity contribution in [2.75, 3.05) is 0 Å². The molecule has 1 spiro atoms. The van der Waals surface area contributed by atoms with Crippen LogP contribution in [0.25, 0.3) is 76.3 Å². The molecule has 0 saturated carbocycles. The molecule has 0 unspecified atom stereocenters. The molecule has 0 saturated heterocycles. The zero-order chi connectivity index (χ0) is 37.5. The summed E-state index contributed by atoms with van der Waals surface area (Å²) in [6.45, 7) is 0. The van der Waals surface area contributed by atoms with Crippen LogP contribution < -0.4 is 4.74 Å². The summed E-state index contributed by atoms with van der Waals surface area (Å²) in [5.74, 6) is 2.47. The minimum atomic E-state index is -0.572. The maximum Gasteiger partial charge on any atom is 0.160 e. The van der Waals surface area contributed by atoms with Gasteiger partial charge in [0.05, 0.1) is 21.3 Å². The zero-order valence-electron chi connectivity index (χ0n) is 30.7. The number of hydrogen-bond donors (Lipinski definition) is 0. The molecule has 0 fully saturated rings. The van der Waals surface area contributed by atoms with Gasteiger partial charge in [-0.2, -0.15) is 0 Å². The summed E-state index contributed by atoms with van der Waals surface area (Å²) < 4.78 is 8.91. The third kappa shape index (κ3) is 4.71. The van der Waals surface area contributed by atoms with Crippen LogP contribution in [-0.4, -0.2) is 9.97 Å². The molecule has 0 amide bonds. The molecule has 8 aromatic carbocycles. The topological polar surface area (TPSA) is 35.0 Å². The van der Waals surface area contributed by atoms with Crippen molar-refractivity contribution in [3.63, 3.8) is 0 Å². The summed E-state index contributed by atoms with van der Waals surface area (Å²) in [5.41, 5.74) is 15.2. The molecule has 2 aromatic heterocycles. The lowest BCUT2D eigenvalue weighted by atomic mass is 9.66. The Labute approximate surface area is 334 Å². The molecular formula is C53H32N2OS. The van der Waals surface area contributed by atoms with Crippen LogP contribution in [-0.2, 0) is 5.41 Å². The molecule has 0 radical (unpaired) electrons. The predicted molar refractivity (Wildman–Crippen MR) is 234 cm³/mol. The second-order valence-corrected chi connectivity index (χ2v) is 15.9. The summed E-state index contributed by atoms with van der Waals surface area (Å²) in [4.78, 5) is 11.1. The van der Waals surface area contributed by atoms with E-state index in [0.717, 1.165) is 77.3 Å². The molecule has 57 heavy (non-hydrogen) atoms. The van der Waals surface area contributed by atoms with Crippen molar-refractivity contribution >= 4 is 31.6 Å². The Hall–Kier alpha value is -7.14. The molecule has 3 nitrogen and oxygen atoms in total. The van der Waals surface area contributed by atoms with Crippen LogP contribution in [0.3, 0.4) is 0 Å². The lowest BCUT2D eigenvalue weighted by Gasteiger charge is -2.39. The van der Waals surface area contributed by atoms with Crippen molar-refractivity contribution in [1.29, 1.82) is 0 Å². The van der Waals surface area contributed by atoms with E-state index in [9.17, 15) is 0 Å². The van der Waals surface area contributed by atoms with Gasteiger partial charge in [0, 0.05) is 32.3 Å². The first-order chi connectivity index (χ1) is 28.3. The van der Waals surface area contributed by atoms with Gasteiger partial charge in [0.1, 0.15) is 11.5 Å². The van der Waals surface area contributed by atoms with Gasteiger partial charge in [0.2, 0.25) is 0 Å². The van der Waals surface area contributed by atoms with E-state index in [4.69, 9.17) is 14.7 Å². The Kier molecular flexibility index (Phi) is 7.01. The van der Waals surface area contributed by atoms with Crippen molar-refractivity contribution in [2.45, 2.75) is 5.41 Å². The maximum atomic E-state index is 6.63. The van der Waals surface area contributed by atoms with Gasteiger partial charge < -0.3 is 4.74 Å². The molecule has 0 atom stereocenters. The van der Waals surface area contributed by atoms with Gasteiger partial charge in [-0.1, -0.05) is 158 Å². The number of benzene rings is 8. The summed E-state index contributed by atoms with van der Waals surface area (Å²) in [6.07, 6.45) is 0. The van der Waals surface area contributed by atoms with Crippen LogP contribution >= 0.6 is 11.3 Å². The fourth-order valence-corrected chi connectivity index (χ4v) is 10.5. The Bertz CT molecular complexity index is 3120. The van der Waals surface area contributed by atoms with E-state index in [1.54, 1.807) is 11.3 Å². The number of ether oxygens (including phenoxy) is 1. The highest BCUT2D eigenvalue weighted by Crippen LogP contribution is 2.63. The lowest BCUT2D eigenvalue weighted by molar-refractivity contribution is 0.436. The van der Waals surface area contributed by atoms with Gasteiger partial charge in [-0.15, -0.1) is 11.3 Å². The van der Waals surface area contributed by atoms with E-state index in [-0.39, 0.29) is 0 Å². The number of rotatable bonds is 4. The van der Waals surface area contributed by atoms with Gasteiger partial charge in [-0.25, -0.2) is 9.97 Å². The SMILES string of the molecule is c1ccc(-c2cc(-c3ccccc3)cc(-c3nc(-c4cccc5c4-c4ccccc4C54c5ccccc5Oc5ccccc54)c4sc5ccccc5c4n3)c2)cc1. The third-order valence-electron chi connectivity index (χ3n) is 11.8. The van der Waals surface area contributed by atoms with Crippen molar-refractivity contribution in [1.82, 2.24) is 9.97 Å². The lowest BCUT2D eigenvalue weighted by Crippen LogP contribution is -2.32. The number of para-hydroxylation sites is 2. The number of thiophene rings is 1. The predicted octanol–water partition coefficient (Wildman–Crippen LogP) is 14.0. The zero-order valence-corrected chi connectivity index (χ0v) is 31.5. The second-order valence-electron chi connectivity index (χ2n) is 14.8. The second kappa shape index (κ2) is 12.4. The molecule has 0 bridgehead atoms. The van der Waals surface area contributed by atoms with Crippen molar-refractivity contribution in [3.05, 3.63) is 216 Å². The third-order valence-corrected chi connectivity index (χ3v) is 12.9. The van der Waals surface area contributed by atoms with E-state index in [1.807, 2.05) is 0 Å². The molecule has 12 rings (SSSR count). The minimum Gasteiger partial charge on any atom is -0.457 e. The van der Waals surface area contributed by atoms with E-state index < -0.39 is 5.41 Å². The molecule has 1 aliphatic carbocycles. The Balaban J connectivity index is 1.17. The molecule has 0 N–H and O–H groups in total. The Morgan fingerprint density at radius 2 is 0.965 bits per heavy atom. The van der Waals surface area contributed by atoms with Crippen LogP contribution in [0.15, 0.2) is 194 Å². The Morgan fingerprint density at radius 3 is 1.67 bits per heavy atom. The summed E-state index contributed by atoms with van der Waals surface area (Å²) in [7, 11) is 0. The Morgan fingerprint density at radius 1 is 0.421 bits per heavy atom. The number of fused-ring (bicyclic) bond motifs is 12. The fourth-order valence-electron chi connectivity index (χ4n) is 9.35. The number of hydrogen-bond acceptors (Lipinski definition) is 4. The molecule has 3 heterocycles. The maximum absolute atomic E-state index is 6.63. The molecule has 2 aliphatic rings. The molecule has 10 aromatic rings. The normalized spacial score (nSPS) is 13.2. The number of aromatic nitrogens is 2. The molecule has 1 aliphatic heterocycles. The molecule has 4 heteroatoms. The largest absolute Gasteiger partial charge is 0.457 e. The smallest absolute Gasteiger partial charge is 0.160 e. The van der Waals surface area contributed by atoms with Crippen LogP contribution in [0.4, 0.5) is 0 Å². The van der Waals surface area contributed by atoms with E-state index in [0.29, 0.717) is 5.82 Å².